The fourth-order valence-corrected chi connectivity index (χ4v) is 5.14. The Kier molecular flexibility index (Phi) is 8.50. The van der Waals surface area contributed by atoms with Gasteiger partial charge in [0.2, 0.25) is 0 Å². The van der Waals surface area contributed by atoms with Crippen LogP contribution in [0.5, 0.6) is 5.75 Å². The molecule has 1 aliphatic heterocycles. The highest BCUT2D eigenvalue weighted by molar-refractivity contribution is 6.09. The van der Waals surface area contributed by atoms with Gasteiger partial charge in [-0.2, -0.15) is 0 Å². The zero-order valence-electron chi connectivity index (χ0n) is 25.5. The number of carbonyl (C=O) groups excluding carboxylic acids is 2. The Morgan fingerprint density at radius 2 is 1.74 bits per heavy atom. The topological polar surface area (TPSA) is 110 Å². The van der Waals surface area contributed by atoms with E-state index >= 15 is 0 Å². The van der Waals surface area contributed by atoms with Gasteiger partial charge in [-0.15, -0.1) is 0 Å². The van der Waals surface area contributed by atoms with Crippen molar-refractivity contribution in [2.45, 2.75) is 83.8 Å². The quantitative estimate of drug-likeness (QED) is 0.394. The number of carboxylic acid groups (broad SMARTS) is 1. The number of halogens is 2. The Labute approximate surface area is 250 Å². The first-order valence-corrected chi connectivity index (χ1v) is 14.2. The molecule has 2 aromatic rings. The summed E-state index contributed by atoms with van der Waals surface area (Å²) in [6, 6.07) is 5.81. The number of nitrogens with one attached hydrogen (secondary N) is 1. The van der Waals surface area contributed by atoms with Crippen molar-refractivity contribution in [1.29, 1.82) is 0 Å². The van der Waals surface area contributed by atoms with Gasteiger partial charge in [-0.25, -0.2) is 18.4 Å². The molecule has 11 heteroatoms. The summed E-state index contributed by atoms with van der Waals surface area (Å²) in [5.74, 6) is -2.43. The first-order chi connectivity index (χ1) is 19.9. The number of allylic oxidation sites excluding steroid dienone is 2. The minimum Gasteiger partial charge on any atom is -0.480 e. The summed E-state index contributed by atoms with van der Waals surface area (Å²) in [5, 5.41) is 13.2. The fourth-order valence-electron chi connectivity index (χ4n) is 5.14. The van der Waals surface area contributed by atoms with Crippen LogP contribution in [0, 0.1) is 0 Å². The highest BCUT2D eigenvalue weighted by Gasteiger charge is 2.39. The second-order valence-corrected chi connectivity index (χ2v) is 13.1. The van der Waals surface area contributed by atoms with Gasteiger partial charge in [0.05, 0.1) is 11.6 Å². The molecule has 1 saturated heterocycles. The number of ether oxygens (including phenoxy) is 2. The number of hydrogen-bond acceptors (Lipinski definition) is 5. The number of alkyl halides is 1. The lowest BCUT2D eigenvalue weighted by molar-refractivity contribution is 0.0288. The second kappa shape index (κ2) is 11.5. The van der Waals surface area contributed by atoms with Crippen LogP contribution in [0.2, 0.25) is 0 Å². The Bertz CT molecular complexity index is 1460. The predicted octanol–water partition coefficient (Wildman–Crippen LogP) is 6.46. The SMILES string of the molecule is CC(C)(C)NC(=O)c1c(-c2ccc(OC3C(F)=CC=CC3(C)F)cc2)cn([C@@H]2CCN(C(=O)OC(C)(C)C)C2)c1C(=O)O. The Morgan fingerprint density at radius 3 is 2.30 bits per heavy atom. The van der Waals surface area contributed by atoms with Gasteiger partial charge in [0, 0.05) is 30.4 Å². The number of carboxylic acids is 1. The molecule has 0 radical (unpaired) electrons. The number of rotatable bonds is 6. The summed E-state index contributed by atoms with van der Waals surface area (Å²) in [6.07, 6.45) is 3.76. The van der Waals surface area contributed by atoms with Gasteiger partial charge >= 0.3 is 12.1 Å². The van der Waals surface area contributed by atoms with Crippen molar-refractivity contribution >= 4 is 18.0 Å². The third kappa shape index (κ3) is 7.26. The van der Waals surface area contributed by atoms with Crippen molar-refractivity contribution in [2.75, 3.05) is 13.1 Å². The normalized spacial score (nSPS) is 22.3. The second-order valence-electron chi connectivity index (χ2n) is 13.1. The van der Waals surface area contributed by atoms with Crippen LogP contribution in [-0.2, 0) is 4.74 Å². The van der Waals surface area contributed by atoms with E-state index in [1.807, 2.05) is 0 Å². The van der Waals surface area contributed by atoms with Gasteiger partial charge in [0.1, 0.15) is 22.9 Å². The number of aromatic nitrogens is 1. The van der Waals surface area contributed by atoms with Gasteiger partial charge in [-0.05, 0) is 84.7 Å². The molecule has 9 nitrogen and oxygen atoms in total. The van der Waals surface area contributed by atoms with Gasteiger partial charge < -0.3 is 29.4 Å². The molecule has 2 aliphatic rings. The molecule has 0 spiro atoms. The Balaban J connectivity index is 1.72. The van der Waals surface area contributed by atoms with Crippen LogP contribution in [0.4, 0.5) is 13.6 Å². The monoisotopic (exact) mass is 599 g/mol. The summed E-state index contributed by atoms with van der Waals surface area (Å²) >= 11 is 0. The zero-order chi connectivity index (χ0) is 31.9. The van der Waals surface area contributed by atoms with Crippen LogP contribution >= 0.6 is 0 Å². The lowest BCUT2D eigenvalue weighted by atomic mass is 9.95. The molecule has 2 N–H and O–H groups in total. The first kappa shape index (κ1) is 31.8. The van der Waals surface area contributed by atoms with Crippen LogP contribution < -0.4 is 10.1 Å². The summed E-state index contributed by atoms with van der Waals surface area (Å²) < 4.78 is 41.9. The number of nitrogens with zero attached hydrogens (tertiary/aromatic N) is 2. The summed E-state index contributed by atoms with van der Waals surface area (Å²) in [5.41, 5.74) is -2.79. The highest BCUT2D eigenvalue weighted by Crippen LogP contribution is 2.36. The average molecular weight is 600 g/mol. The molecular weight excluding hydrogens is 560 g/mol. The molecule has 2 amide bonds. The van der Waals surface area contributed by atoms with E-state index in [1.54, 1.807) is 59.9 Å². The number of aromatic carboxylic acids is 1. The van der Waals surface area contributed by atoms with Crippen LogP contribution in [0.15, 0.2) is 54.5 Å². The summed E-state index contributed by atoms with van der Waals surface area (Å²) in [6.45, 7) is 12.5. The molecule has 43 heavy (non-hydrogen) atoms. The number of benzene rings is 1. The van der Waals surface area contributed by atoms with E-state index in [9.17, 15) is 28.3 Å². The maximum Gasteiger partial charge on any atom is 0.410 e. The molecule has 0 bridgehead atoms. The number of hydrogen-bond donors (Lipinski definition) is 2. The summed E-state index contributed by atoms with van der Waals surface area (Å²) in [4.78, 5) is 40.5. The lowest BCUT2D eigenvalue weighted by Gasteiger charge is -2.29. The zero-order valence-corrected chi connectivity index (χ0v) is 25.5. The van der Waals surface area contributed by atoms with Crippen molar-refractivity contribution < 1.29 is 37.7 Å². The Hall–Kier alpha value is -4.15. The fraction of sp³-hybridized carbons (Fsp3) is 0.469. The minimum absolute atomic E-state index is 0.0328. The van der Waals surface area contributed by atoms with Crippen LogP contribution in [0.1, 0.15) is 81.8 Å². The average Bonchev–Trinajstić information content (AvgIpc) is 3.50. The van der Waals surface area contributed by atoms with E-state index in [0.717, 1.165) is 6.08 Å². The van der Waals surface area contributed by atoms with Crippen molar-refractivity contribution in [3.05, 3.63) is 65.8 Å². The largest absolute Gasteiger partial charge is 0.480 e. The molecule has 2 heterocycles. The van der Waals surface area contributed by atoms with E-state index < -0.39 is 52.8 Å². The van der Waals surface area contributed by atoms with Gasteiger partial charge in [0.15, 0.2) is 11.8 Å². The molecule has 1 aliphatic carbocycles. The van der Waals surface area contributed by atoms with E-state index in [0.29, 0.717) is 24.1 Å². The maximum atomic E-state index is 14.9. The van der Waals surface area contributed by atoms with E-state index in [1.165, 1.54) is 40.7 Å². The van der Waals surface area contributed by atoms with Gasteiger partial charge in [-0.1, -0.05) is 18.2 Å². The highest BCUT2D eigenvalue weighted by atomic mass is 19.2. The predicted molar refractivity (Wildman–Crippen MR) is 158 cm³/mol. The third-order valence-corrected chi connectivity index (χ3v) is 7.02. The first-order valence-electron chi connectivity index (χ1n) is 14.2. The molecule has 0 saturated carbocycles. The molecular formula is C32H39F2N3O6. The van der Waals surface area contributed by atoms with Gasteiger partial charge in [-0.3, -0.25) is 4.79 Å². The van der Waals surface area contributed by atoms with Crippen molar-refractivity contribution in [1.82, 2.24) is 14.8 Å². The van der Waals surface area contributed by atoms with Crippen molar-refractivity contribution in [3.63, 3.8) is 0 Å². The van der Waals surface area contributed by atoms with Crippen LogP contribution in [-0.4, -0.2) is 68.5 Å². The molecule has 4 rings (SSSR count). The van der Waals surface area contributed by atoms with E-state index in [-0.39, 0.29) is 23.6 Å². The molecule has 1 aromatic carbocycles. The maximum absolute atomic E-state index is 14.9. The molecule has 3 atom stereocenters. The standard InChI is InChI=1S/C32H39F2N3O6/c1-30(2,3)35-27(38)24-22(19-10-12-21(13-11-19)42-26-23(33)9-8-15-32(26,7)34)18-37(25(24)28(39)40)20-14-16-36(17-20)29(41)43-31(4,5)6/h8-13,15,18,20,26H,14,16-17H2,1-7H3,(H,35,38)(H,39,40)/t20-,26?,32?/m1/s1. The van der Waals surface area contributed by atoms with Crippen molar-refractivity contribution in [3.8, 4) is 16.9 Å². The number of likely N-dealkylation sites (tertiary alicyclic amines) is 1. The van der Waals surface area contributed by atoms with E-state index in [2.05, 4.69) is 5.32 Å². The molecule has 232 valence electrons. The smallest absolute Gasteiger partial charge is 0.410 e. The van der Waals surface area contributed by atoms with Gasteiger partial charge in [0.25, 0.3) is 5.91 Å². The van der Waals surface area contributed by atoms with Crippen molar-refractivity contribution in [2.24, 2.45) is 0 Å². The molecule has 1 aromatic heterocycles. The van der Waals surface area contributed by atoms with Crippen LogP contribution in [0.3, 0.4) is 0 Å². The number of amides is 2. The lowest BCUT2D eigenvalue weighted by Crippen LogP contribution is -2.41. The van der Waals surface area contributed by atoms with E-state index in [4.69, 9.17) is 9.47 Å². The third-order valence-electron chi connectivity index (χ3n) is 7.02. The summed E-state index contributed by atoms with van der Waals surface area (Å²) in [7, 11) is 0. The van der Waals surface area contributed by atoms with Crippen LogP contribution in [0.25, 0.3) is 11.1 Å². The molecule has 1 fully saturated rings. The minimum atomic E-state index is -2.06. The molecule has 2 unspecified atom stereocenters. The Morgan fingerprint density at radius 1 is 1.09 bits per heavy atom. The number of carbonyl (C=O) groups is 3.